The lowest BCUT2D eigenvalue weighted by Gasteiger charge is -2.33. The Balaban J connectivity index is 1.51. The highest BCUT2D eigenvalue weighted by atomic mass is 31.2. The molecule has 0 aromatic heterocycles. The lowest BCUT2D eigenvalue weighted by atomic mass is 10.0. The number of amides is 9. The number of phosphoric acid groups is 1. The second kappa shape index (κ2) is 67.5. The molecule has 1 aromatic carbocycles. The first-order valence-corrected chi connectivity index (χ1v) is 43.8. The molecule has 121 heavy (non-hydrogen) atoms. The van der Waals surface area contributed by atoms with Gasteiger partial charge in [0.25, 0.3) is 11.8 Å². The summed E-state index contributed by atoms with van der Waals surface area (Å²) in [4.78, 5) is 132. The maximum absolute atomic E-state index is 14.0. The van der Waals surface area contributed by atoms with E-state index >= 15 is 0 Å². The molecule has 2 rings (SSSR count). The second-order valence-electron chi connectivity index (χ2n) is 28.0. The Morgan fingerprint density at radius 3 is 1.28 bits per heavy atom. The lowest BCUT2D eigenvalue weighted by Crippen LogP contribution is -2.57. The zero-order valence-electron chi connectivity index (χ0n) is 69.3. The number of nitrogens with one attached hydrogen (secondary N) is 6. The number of rotatable bonds is 79. The molecule has 0 fully saturated rings. The van der Waals surface area contributed by atoms with Gasteiger partial charge >= 0.3 is 21.4 Å². The molecule has 700 valence electrons. The molecule has 1 unspecified atom stereocenters. The number of aliphatic hydroxyl groups excluding tert-OH is 9. The molecule has 0 saturated carbocycles. The van der Waals surface area contributed by atoms with Gasteiger partial charge in [-0.25, -0.2) is 9.36 Å². The third-order valence-corrected chi connectivity index (χ3v) is 18.6. The summed E-state index contributed by atoms with van der Waals surface area (Å²) in [6.07, 6.45) is -11.0. The second-order valence-corrected chi connectivity index (χ2v) is 31.1. The normalized spacial score (nSPS) is 15.8. The van der Waals surface area contributed by atoms with Gasteiger partial charge in [-0.2, -0.15) is 0 Å². The van der Waals surface area contributed by atoms with Crippen LogP contribution in [0.5, 0.6) is 0 Å². The molecule has 47 heteroatoms. The highest BCUT2D eigenvalue weighted by molar-refractivity contribution is 7.51. The Morgan fingerprint density at radius 1 is 0.455 bits per heavy atom. The average Bonchev–Trinajstić information content (AvgIpc) is 1.77. The van der Waals surface area contributed by atoms with Gasteiger partial charge in [0, 0.05) is 76.6 Å². The fourth-order valence-electron chi connectivity index (χ4n) is 10.8. The molecule has 12 atom stereocenters. The summed E-state index contributed by atoms with van der Waals surface area (Å²) in [6.45, 7) is 8.17. The summed E-state index contributed by atoms with van der Waals surface area (Å²) in [5.41, 5.74) is 6.23. The van der Waals surface area contributed by atoms with Crippen LogP contribution in [-0.2, 0) is 115 Å². The number of imide groups is 1. The van der Waals surface area contributed by atoms with Crippen LogP contribution in [0.1, 0.15) is 83.6 Å². The molecule has 1 aliphatic rings. The molecular weight excluding hydrogens is 1650 g/mol. The van der Waals surface area contributed by atoms with E-state index in [1.165, 1.54) is 17.1 Å². The van der Waals surface area contributed by atoms with Crippen LogP contribution in [0, 0.1) is 5.92 Å². The van der Waals surface area contributed by atoms with Gasteiger partial charge in [0.1, 0.15) is 54.7 Å². The minimum Gasteiger partial charge on any atom is -0.392 e. The van der Waals surface area contributed by atoms with Gasteiger partial charge in [0.15, 0.2) is 0 Å². The smallest absolute Gasteiger partial charge is 0.392 e. The molecule has 0 spiro atoms. The summed E-state index contributed by atoms with van der Waals surface area (Å²) < 4.78 is 97.3. The van der Waals surface area contributed by atoms with Crippen molar-refractivity contribution >= 4 is 68.5 Å². The van der Waals surface area contributed by atoms with Crippen LogP contribution in [0.3, 0.4) is 0 Å². The van der Waals surface area contributed by atoms with Crippen molar-refractivity contribution in [3.05, 3.63) is 42.0 Å². The first-order valence-electron chi connectivity index (χ1n) is 40.2. The predicted molar refractivity (Wildman–Crippen MR) is 428 cm³/mol. The SMILES string of the molecule is CC(C)[C@H](NC(=O)[C@H](CCCCNC(=O)CCOCCOCCOCCOCCOCCOCCOCCOCCOCCOCCOCCOCCN(C[C@H](O)[C@@H](O)[C@H](O)[C@H](O)COP(C)(=O)O)C[C@H](O)[C@@H](O)[C@H](O)[C@H](O)COP(=O)(O)O)NC(=O)CCCCCN1C(=O)C=CC1=O)C(=O)N[C@@H](CCCNC(N)=O)C(=O)Nc1ccc(CO)cc1. The van der Waals surface area contributed by atoms with Crippen LogP contribution >= 0.6 is 15.4 Å². The molecule has 1 heterocycles. The van der Waals surface area contributed by atoms with Crippen LogP contribution in [0.15, 0.2) is 36.4 Å². The van der Waals surface area contributed by atoms with Crippen molar-refractivity contribution in [1.82, 2.24) is 36.4 Å². The standard InChI is InChI=1S/C74H133N9O36P2/c1-53(2)66(73(99)80-57(11-9-21-77-74(75)100)71(97)78-55-15-13-54(50-84)14-16-55)81-72(98)56(79-63(90)12-5-4-8-22-83-64(91)17-18-65(83)92)10-6-7-20-76-62(89)19-24-106-26-28-108-30-32-110-34-36-112-38-40-114-42-44-116-46-47-117-45-43-115-41-39-113-37-35-111-33-31-109-29-27-107-25-23-82(48-58(85)67(93)69(95)60(87)51-118-120(3,101)102)49-59(86)68(94)70(96)61(88)52-119-121(103,104)105/h13-18,53,56-61,66-70,84-88,93-96H,4-12,19-52H2,1-3H3,(H,76,89)(H,78,97)(H,79,90)(H,80,99)(H,81,98)(H,101,102)(H3,75,77,100)(H2,103,104,105)/t56-,57-,58-,59-,60+,61+,66-,67+,68+,69+,70+/m0/s1. The average molecular weight is 1790 g/mol. The van der Waals surface area contributed by atoms with Crippen LogP contribution in [0.4, 0.5) is 10.5 Å². The summed E-state index contributed by atoms with van der Waals surface area (Å²) in [5.74, 6) is -3.89. The number of carbonyl (C=O) groups is 8. The maximum atomic E-state index is 14.0. The van der Waals surface area contributed by atoms with Crippen LogP contribution in [0.2, 0.25) is 0 Å². The number of nitrogens with two attached hydrogens (primary N) is 1. The van der Waals surface area contributed by atoms with E-state index in [1.54, 1.807) is 38.1 Å². The van der Waals surface area contributed by atoms with E-state index in [1.807, 2.05) is 0 Å². The number of ether oxygens (including phenoxy) is 12. The van der Waals surface area contributed by atoms with E-state index in [2.05, 4.69) is 40.9 Å². The lowest BCUT2D eigenvalue weighted by molar-refractivity contribution is -0.137. The first-order chi connectivity index (χ1) is 57.7. The van der Waals surface area contributed by atoms with E-state index in [0.717, 1.165) is 11.6 Å². The number of benzene rings is 1. The van der Waals surface area contributed by atoms with E-state index < -0.39 is 156 Å². The monoisotopic (exact) mass is 1790 g/mol. The fraction of sp³-hybridized carbons (Fsp3) is 0.784. The van der Waals surface area contributed by atoms with Crippen LogP contribution in [0.25, 0.3) is 0 Å². The summed E-state index contributed by atoms with van der Waals surface area (Å²) in [7, 11) is -9.13. The molecule has 0 bridgehead atoms. The number of hydrogen-bond donors (Lipinski definition) is 19. The third kappa shape index (κ3) is 56.6. The Labute approximate surface area is 704 Å². The zero-order chi connectivity index (χ0) is 89.6. The third-order valence-electron chi connectivity index (χ3n) is 17.5. The van der Waals surface area contributed by atoms with Gasteiger partial charge in [-0.05, 0) is 68.6 Å². The number of carbonyl (C=O) groups excluding carboxylic acids is 8. The number of hydrogen-bond acceptors (Lipinski definition) is 34. The Hall–Kier alpha value is -5.90. The fourth-order valence-corrected chi connectivity index (χ4v) is 11.6. The van der Waals surface area contributed by atoms with E-state index in [0.29, 0.717) is 142 Å². The van der Waals surface area contributed by atoms with E-state index in [4.69, 9.17) is 72.4 Å². The Morgan fingerprint density at radius 2 is 0.860 bits per heavy atom. The van der Waals surface area contributed by atoms with Crippen molar-refractivity contribution in [2.75, 3.05) is 223 Å². The van der Waals surface area contributed by atoms with Crippen molar-refractivity contribution in [2.45, 2.75) is 152 Å². The maximum Gasteiger partial charge on any atom is 0.469 e. The van der Waals surface area contributed by atoms with Crippen molar-refractivity contribution in [3.8, 4) is 0 Å². The number of unbranched alkanes of at least 4 members (excludes halogenated alkanes) is 3. The topological polar surface area (TPSA) is 647 Å². The van der Waals surface area contributed by atoms with Crippen molar-refractivity contribution in [2.24, 2.45) is 11.7 Å². The van der Waals surface area contributed by atoms with Crippen molar-refractivity contribution in [3.63, 3.8) is 0 Å². The Kier molecular flexibility index (Phi) is 62.0. The zero-order valence-corrected chi connectivity index (χ0v) is 71.1. The molecule has 20 N–H and O–H groups in total. The highest BCUT2D eigenvalue weighted by Gasteiger charge is 2.37. The largest absolute Gasteiger partial charge is 0.469 e. The minimum absolute atomic E-state index is 0.0312. The summed E-state index contributed by atoms with van der Waals surface area (Å²) >= 11 is 0. The van der Waals surface area contributed by atoms with Crippen molar-refractivity contribution < 1.29 is 174 Å². The number of nitrogens with zero attached hydrogens (tertiary/aromatic N) is 2. The molecule has 45 nitrogen and oxygen atoms in total. The first kappa shape index (κ1) is 111. The molecular formula is C74H133N9O36P2. The predicted octanol–water partition coefficient (Wildman–Crippen LogP) is -4.83. The van der Waals surface area contributed by atoms with Gasteiger partial charge < -0.3 is 160 Å². The van der Waals surface area contributed by atoms with Gasteiger partial charge in [0.2, 0.25) is 29.5 Å². The molecule has 9 amide bonds. The summed E-state index contributed by atoms with van der Waals surface area (Å²) in [5, 5.41) is 109. The number of primary amides is 1. The minimum atomic E-state index is -5.06. The van der Waals surface area contributed by atoms with E-state index in [-0.39, 0.29) is 130 Å². The number of urea groups is 1. The van der Waals surface area contributed by atoms with Gasteiger partial charge in [-0.1, -0.05) is 32.4 Å². The number of anilines is 1. The number of aliphatic hydroxyl groups is 9. The summed E-state index contributed by atoms with van der Waals surface area (Å²) in [6, 6.07) is 2.29. The molecule has 0 aliphatic carbocycles. The van der Waals surface area contributed by atoms with E-state index in [9.17, 15) is 98.3 Å². The van der Waals surface area contributed by atoms with Crippen molar-refractivity contribution in [1.29, 1.82) is 0 Å². The molecule has 0 saturated heterocycles. The van der Waals surface area contributed by atoms with Gasteiger partial charge in [-0.15, -0.1) is 0 Å². The van der Waals surface area contributed by atoms with Crippen LogP contribution in [-0.4, -0.2) is 402 Å². The van der Waals surface area contributed by atoms with Gasteiger partial charge in [0.05, 0.1) is 191 Å². The molecule has 1 aliphatic heterocycles. The Bertz CT molecular complexity index is 3050. The molecule has 0 radical (unpaired) electrons. The quantitative estimate of drug-likeness (QED) is 0.0165. The highest BCUT2D eigenvalue weighted by Crippen LogP contribution is 2.37. The molecule has 1 aromatic rings. The van der Waals surface area contributed by atoms with Crippen LogP contribution < -0.4 is 37.6 Å². The number of phosphoric ester groups is 1. The van der Waals surface area contributed by atoms with Gasteiger partial charge in [-0.3, -0.25) is 52.5 Å².